The number of H-pyrrole nitrogens is 1. The number of aromatic nitrogens is 1. The molecule has 0 aliphatic carbocycles. The Kier molecular flexibility index (Phi) is 5.96. The van der Waals surface area contributed by atoms with Crippen molar-refractivity contribution in [3.63, 3.8) is 0 Å². The van der Waals surface area contributed by atoms with Gasteiger partial charge in [0.05, 0.1) is 0 Å². The number of hydrogen-bond donors (Lipinski definition) is 2. The monoisotopic (exact) mass is 258 g/mol. The van der Waals surface area contributed by atoms with Crippen molar-refractivity contribution in [2.45, 2.75) is 52.0 Å². The third-order valence-electron chi connectivity index (χ3n) is 3.71. The Labute approximate surface area is 116 Å². The van der Waals surface area contributed by atoms with E-state index < -0.39 is 0 Å². The van der Waals surface area contributed by atoms with Gasteiger partial charge < -0.3 is 10.3 Å². The van der Waals surface area contributed by atoms with Crippen LogP contribution in [0.3, 0.4) is 0 Å². The van der Waals surface area contributed by atoms with Crippen molar-refractivity contribution < 1.29 is 0 Å². The van der Waals surface area contributed by atoms with Crippen LogP contribution in [-0.4, -0.2) is 11.5 Å². The van der Waals surface area contributed by atoms with Crippen LogP contribution in [0.1, 0.15) is 51.0 Å². The van der Waals surface area contributed by atoms with Crippen molar-refractivity contribution in [1.82, 2.24) is 10.3 Å². The molecule has 2 heteroatoms. The van der Waals surface area contributed by atoms with Gasteiger partial charge in [0.2, 0.25) is 0 Å². The summed E-state index contributed by atoms with van der Waals surface area (Å²) in [6, 6.07) is 8.63. The summed E-state index contributed by atoms with van der Waals surface area (Å²) in [7, 11) is 0. The summed E-state index contributed by atoms with van der Waals surface area (Å²) in [4.78, 5) is 3.26. The lowest BCUT2D eigenvalue weighted by Gasteiger charge is -2.06. The van der Waals surface area contributed by atoms with Gasteiger partial charge in [-0.3, -0.25) is 0 Å². The summed E-state index contributed by atoms with van der Waals surface area (Å²) < 4.78 is 0. The molecule has 2 aromatic rings. The molecule has 0 saturated carbocycles. The van der Waals surface area contributed by atoms with Gasteiger partial charge in [-0.1, -0.05) is 51.2 Å². The number of fused-ring (bicyclic) bond motifs is 1. The van der Waals surface area contributed by atoms with E-state index in [9.17, 15) is 0 Å². The van der Waals surface area contributed by atoms with Gasteiger partial charge in [-0.05, 0) is 30.7 Å². The third-order valence-corrected chi connectivity index (χ3v) is 3.71. The van der Waals surface area contributed by atoms with Crippen LogP contribution in [0.15, 0.2) is 30.5 Å². The van der Waals surface area contributed by atoms with E-state index in [1.54, 1.807) is 0 Å². The van der Waals surface area contributed by atoms with Gasteiger partial charge in [-0.2, -0.15) is 0 Å². The lowest BCUT2D eigenvalue weighted by molar-refractivity contribution is 0.572. The summed E-state index contributed by atoms with van der Waals surface area (Å²) in [6.45, 7) is 4.38. The predicted octanol–water partition coefficient (Wildman–Crippen LogP) is 4.62. The van der Waals surface area contributed by atoms with E-state index in [1.165, 1.54) is 55.0 Å². The molecule has 0 fully saturated rings. The van der Waals surface area contributed by atoms with Crippen LogP contribution in [0.4, 0.5) is 0 Å². The van der Waals surface area contributed by atoms with E-state index >= 15 is 0 Å². The topological polar surface area (TPSA) is 27.8 Å². The molecule has 0 unspecified atom stereocenters. The van der Waals surface area contributed by atoms with Gasteiger partial charge >= 0.3 is 0 Å². The van der Waals surface area contributed by atoms with E-state index in [4.69, 9.17) is 0 Å². The first-order chi connectivity index (χ1) is 9.42. The number of hydrogen-bond acceptors (Lipinski definition) is 1. The Bertz CT molecular complexity index is 473. The van der Waals surface area contributed by atoms with E-state index in [0.29, 0.717) is 0 Å². The molecular formula is C17H26N2. The Balaban J connectivity index is 1.64. The van der Waals surface area contributed by atoms with Crippen molar-refractivity contribution in [3.8, 4) is 0 Å². The number of benzene rings is 1. The second kappa shape index (κ2) is 8.00. The Morgan fingerprint density at radius 2 is 1.84 bits per heavy atom. The van der Waals surface area contributed by atoms with Crippen molar-refractivity contribution in [2.75, 3.05) is 6.54 Å². The van der Waals surface area contributed by atoms with Crippen LogP contribution in [0.25, 0.3) is 10.9 Å². The first-order valence-corrected chi connectivity index (χ1v) is 7.67. The summed E-state index contributed by atoms with van der Waals surface area (Å²) in [6.07, 6.45) is 10.2. The Morgan fingerprint density at radius 1 is 1.00 bits per heavy atom. The fourth-order valence-corrected chi connectivity index (χ4v) is 2.56. The molecule has 0 saturated heterocycles. The molecule has 2 nitrogen and oxygen atoms in total. The van der Waals surface area contributed by atoms with Gasteiger partial charge in [0, 0.05) is 23.6 Å². The van der Waals surface area contributed by atoms with Crippen molar-refractivity contribution in [3.05, 3.63) is 36.0 Å². The zero-order valence-corrected chi connectivity index (χ0v) is 12.0. The van der Waals surface area contributed by atoms with Crippen molar-refractivity contribution >= 4 is 10.9 Å². The molecule has 0 aliphatic heterocycles. The maximum Gasteiger partial charge on any atom is 0.0457 e. The van der Waals surface area contributed by atoms with Crippen molar-refractivity contribution in [2.24, 2.45) is 0 Å². The van der Waals surface area contributed by atoms with Crippen LogP contribution in [0, 0.1) is 0 Å². The predicted molar refractivity (Wildman–Crippen MR) is 83.4 cm³/mol. The van der Waals surface area contributed by atoms with Crippen molar-refractivity contribution in [1.29, 1.82) is 0 Å². The summed E-state index contributed by atoms with van der Waals surface area (Å²) in [5.41, 5.74) is 2.63. The Hall–Kier alpha value is -1.28. The first-order valence-electron chi connectivity index (χ1n) is 7.67. The second-order valence-electron chi connectivity index (χ2n) is 5.30. The van der Waals surface area contributed by atoms with E-state index in [2.05, 4.69) is 41.5 Å². The molecule has 0 aliphatic rings. The molecule has 0 amide bonds. The molecule has 2 rings (SSSR count). The maximum absolute atomic E-state index is 3.56. The highest BCUT2D eigenvalue weighted by molar-refractivity contribution is 5.82. The summed E-state index contributed by atoms with van der Waals surface area (Å²) >= 11 is 0. The average Bonchev–Trinajstić information content (AvgIpc) is 2.91. The molecule has 1 aromatic carbocycles. The SMILES string of the molecule is CCCCCCCCNCc1cccc2[nH]ccc12. The van der Waals surface area contributed by atoms with Crippen LogP contribution in [-0.2, 0) is 6.54 Å². The second-order valence-corrected chi connectivity index (χ2v) is 5.30. The van der Waals surface area contributed by atoms with Gasteiger partial charge in [0.15, 0.2) is 0 Å². The van der Waals surface area contributed by atoms with E-state index in [0.717, 1.165) is 13.1 Å². The molecule has 104 valence electrons. The van der Waals surface area contributed by atoms with Crippen LogP contribution >= 0.6 is 0 Å². The third kappa shape index (κ3) is 4.39. The fraction of sp³-hybridized carbons (Fsp3) is 0.529. The Morgan fingerprint density at radius 3 is 2.74 bits per heavy atom. The minimum absolute atomic E-state index is 0.976. The largest absolute Gasteiger partial charge is 0.361 e. The standard InChI is InChI=1S/C17H26N2/c1-2-3-4-5-6-7-12-18-14-15-9-8-10-17-16(15)11-13-19-17/h8-11,13,18-19H,2-7,12,14H2,1H3. The smallest absolute Gasteiger partial charge is 0.0457 e. The maximum atomic E-state index is 3.56. The van der Waals surface area contributed by atoms with Gasteiger partial charge in [-0.15, -0.1) is 0 Å². The first kappa shape index (κ1) is 14.1. The lowest BCUT2D eigenvalue weighted by Crippen LogP contribution is -2.14. The number of aromatic amines is 1. The zero-order valence-electron chi connectivity index (χ0n) is 12.0. The highest BCUT2D eigenvalue weighted by Gasteiger charge is 2.00. The van der Waals surface area contributed by atoms with Crippen LogP contribution < -0.4 is 5.32 Å². The molecule has 2 N–H and O–H groups in total. The highest BCUT2D eigenvalue weighted by atomic mass is 14.8. The molecule has 19 heavy (non-hydrogen) atoms. The number of rotatable bonds is 9. The van der Waals surface area contributed by atoms with Gasteiger partial charge in [-0.25, -0.2) is 0 Å². The highest BCUT2D eigenvalue weighted by Crippen LogP contribution is 2.17. The average molecular weight is 258 g/mol. The molecule has 0 atom stereocenters. The minimum Gasteiger partial charge on any atom is -0.361 e. The van der Waals surface area contributed by atoms with E-state index in [1.807, 2.05) is 6.20 Å². The lowest BCUT2D eigenvalue weighted by atomic mass is 10.1. The van der Waals surface area contributed by atoms with E-state index in [-0.39, 0.29) is 0 Å². The molecule has 1 heterocycles. The van der Waals surface area contributed by atoms with Crippen LogP contribution in [0.5, 0.6) is 0 Å². The molecule has 0 bridgehead atoms. The number of nitrogens with one attached hydrogen (secondary N) is 2. The molecule has 1 aromatic heterocycles. The number of unbranched alkanes of at least 4 members (excludes halogenated alkanes) is 5. The van der Waals surface area contributed by atoms with Gasteiger partial charge in [0.1, 0.15) is 0 Å². The zero-order chi connectivity index (χ0) is 13.3. The molecule has 0 spiro atoms. The normalized spacial score (nSPS) is 11.2. The van der Waals surface area contributed by atoms with Gasteiger partial charge in [0.25, 0.3) is 0 Å². The fourth-order valence-electron chi connectivity index (χ4n) is 2.56. The molecular weight excluding hydrogens is 232 g/mol. The minimum atomic E-state index is 0.976. The quantitative estimate of drug-likeness (QED) is 0.631. The van der Waals surface area contributed by atoms with Crippen LogP contribution in [0.2, 0.25) is 0 Å². The molecule has 0 radical (unpaired) electrons. The summed E-state index contributed by atoms with van der Waals surface area (Å²) in [5, 5.41) is 4.91. The summed E-state index contributed by atoms with van der Waals surface area (Å²) in [5.74, 6) is 0.